The van der Waals surface area contributed by atoms with Crippen molar-refractivity contribution >= 4 is 5.97 Å². The molecule has 9 heteroatoms. The van der Waals surface area contributed by atoms with Gasteiger partial charge in [-0.15, -0.1) is 0 Å². The van der Waals surface area contributed by atoms with Crippen molar-refractivity contribution < 1.29 is 43.8 Å². The van der Waals surface area contributed by atoms with Crippen molar-refractivity contribution in [3.63, 3.8) is 0 Å². The van der Waals surface area contributed by atoms with E-state index in [1.807, 2.05) is 45.9 Å². The number of allylic oxidation sites excluding steroid dienone is 7. The second-order valence-electron chi connectivity index (χ2n) is 12.0. The van der Waals surface area contributed by atoms with E-state index < -0.39 is 54.3 Å². The molecule has 2 heterocycles. The molecule has 3 N–H and O–H groups in total. The zero-order valence-corrected chi connectivity index (χ0v) is 27.4. The number of hydrogen-bond donors (Lipinski definition) is 3. The fourth-order valence-corrected chi connectivity index (χ4v) is 5.39. The van der Waals surface area contributed by atoms with E-state index in [0.29, 0.717) is 18.6 Å². The number of ether oxygens (including phenoxy) is 5. The summed E-state index contributed by atoms with van der Waals surface area (Å²) in [7, 11) is 4.44. The lowest BCUT2D eigenvalue weighted by Gasteiger charge is -2.47. The molecule has 10 atom stereocenters. The van der Waals surface area contributed by atoms with Crippen LogP contribution in [0.2, 0.25) is 0 Å². The molecule has 1 fully saturated rings. The number of rotatable bonds is 7. The molecule has 0 spiro atoms. The lowest BCUT2D eigenvalue weighted by atomic mass is 9.85. The van der Waals surface area contributed by atoms with Crippen LogP contribution in [0.15, 0.2) is 59.4 Å². The fourth-order valence-electron chi connectivity index (χ4n) is 5.39. The third-order valence-electron chi connectivity index (χ3n) is 8.34. The van der Waals surface area contributed by atoms with Crippen LogP contribution in [0.3, 0.4) is 0 Å². The van der Waals surface area contributed by atoms with Crippen molar-refractivity contribution in [2.75, 3.05) is 21.3 Å². The van der Waals surface area contributed by atoms with E-state index in [1.165, 1.54) is 21.1 Å². The Morgan fingerprint density at radius 3 is 2.49 bits per heavy atom. The van der Waals surface area contributed by atoms with Crippen molar-refractivity contribution in [2.45, 2.75) is 110 Å². The molecule has 0 radical (unpaired) electrons. The molecule has 1 saturated heterocycles. The van der Waals surface area contributed by atoms with E-state index in [1.54, 1.807) is 20.1 Å². The summed E-state index contributed by atoms with van der Waals surface area (Å²) in [5.41, 5.74) is 2.00. The Labute approximate surface area is 257 Å². The largest absolute Gasteiger partial charge is 0.499 e. The SMILES string of the molecule is CO/C1=C\C(C)C/C=C/C(C)=C/CCC(OC)C(/C=C/C(C)=C/C(C)C(C)O)OC(=O)C(C)C2(O)OC1CC(O)C2OC. The summed E-state index contributed by atoms with van der Waals surface area (Å²) in [6, 6.07) is 0. The molecule has 0 aliphatic carbocycles. The molecule has 9 nitrogen and oxygen atoms in total. The van der Waals surface area contributed by atoms with Gasteiger partial charge in [0.15, 0.2) is 0 Å². The van der Waals surface area contributed by atoms with Crippen LogP contribution < -0.4 is 0 Å². The van der Waals surface area contributed by atoms with Gasteiger partial charge in [-0.3, -0.25) is 4.79 Å². The van der Waals surface area contributed by atoms with Crippen LogP contribution in [-0.2, 0) is 28.5 Å². The number of aliphatic hydroxyl groups excluding tert-OH is 2. The summed E-state index contributed by atoms with van der Waals surface area (Å²) in [6.45, 7) is 11.1. The molecule has 0 aromatic carbocycles. The van der Waals surface area contributed by atoms with Crippen LogP contribution in [0.4, 0.5) is 0 Å². The highest BCUT2D eigenvalue weighted by Gasteiger charge is 2.56. The third kappa shape index (κ3) is 10.4. The lowest BCUT2D eigenvalue weighted by molar-refractivity contribution is -0.341. The molecule has 2 bridgehead atoms. The number of hydrogen-bond acceptors (Lipinski definition) is 9. The monoisotopic (exact) mass is 606 g/mol. The number of cyclic esters (lactones) is 1. The Morgan fingerprint density at radius 1 is 1.19 bits per heavy atom. The molecule has 2 aliphatic rings. The summed E-state index contributed by atoms with van der Waals surface area (Å²) in [4.78, 5) is 13.7. The number of fused-ring (bicyclic) bond motifs is 2. The van der Waals surface area contributed by atoms with E-state index in [-0.39, 0.29) is 18.3 Å². The standard InChI is InChI=1S/C34H54O9/c1-21-12-10-14-22(2)19-30(40-8)31-20-27(36)32(41-9)34(38,43-31)25(5)33(37)42-29(28(39-7)15-11-13-21)17-16-23(3)18-24(4)26(6)35/h10,12-13,16-19,22,24-29,31-32,35-36,38H,11,14-15,20H2,1-9H3/b12-10+,17-16+,21-13+,23-18+,30-19-. The predicted molar refractivity (Wildman–Crippen MR) is 166 cm³/mol. The maximum atomic E-state index is 13.7. The molecule has 10 unspecified atom stereocenters. The summed E-state index contributed by atoms with van der Waals surface area (Å²) < 4.78 is 29.1. The molecule has 0 aromatic heterocycles. The maximum Gasteiger partial charge on any atom is 0.314 e. The Balaban J connectivity index is 2.56. The van der Waals surface area contributed by atoms with Crippen LogP contribution in [0.5, 0.6) is 0 Å². The zero-order valence-electron chi connectivity index (χ0n) is 27.4. The van der Waals surface area contributed by atoms with Gasteiger partial charge in [-0.2, -0.15) is 0 Å². The fraction of sp³-hybridized carbons (Fsp3) is 0.676. The second kappa shape index (κ2) is 17.3. The topological polar surface area (TPSA) is 124 Å². The van der Waals surface area contributed by atoms with E-state index in [2.05, 4.69) is 18.2 Å². The first kappa shape index (κ1) is 36.9. The van der Waals surface area contributed by atoms with Crippen LogP contribution in [-0.4, -0.2) is 85.0 Å². The van der Waals surface area contributed by atoms with E-state index in [9.17, 15) is 20.1 Å². The van der Waals surface area contributed by atoms with Gasteiger partial charge >= 0.3 is 5.97 Å². The van der Waals surface area contributed by atoms with Gasteiger partial charge in [-0.05, 0) is 65.0 Å². The highest BCUT2D eigenvalue weighted by atomic mass is 16.7. The minimum atomic E-state index is -2.21. The van der Waals surface area contributed by atoms with Crippen LogP contribution >= 0.6 is 0 Å². The first-order chi connectivity index (χ1) is 20.3. The summed E-state index contributed by atoms with van der Waals surface area (Å²) in [5.74, 6) is -3.71. The van der Waals surface area contributed by atoms with Gasteiger partial charge in [0.1, 0.15) is 30.0 Å². The van der Waals surface area contributed by atoms with Crippen LogP contribution in [0.25, 0.3) is 0 Å². The van der Waals surface area contributed by atoms with Gasteiger partial charge in [-0.25, -0.2) is 0 Å². The molecule has 244 valence electrons. The van der Waals surface area contributed by atoms with Gasteiger partial charge < -0.3 is 39.0 Å². The zero-order chi connectivity index (χ0) is 32.3. The molecule has 2 rings (SSSR count). The van der Waals surface area contributed by atoms with Gasteiger partial charge in [0, 0.05) is 26.6 Å². The highest BCUT2D eigenvalue weighted by Crippen LogP contribution is 2.39. The molecule has 2 aliphatic heterocycles. The second-order valence-corrected chi connectivity index (χ2v) is 12.0. The minimum Gasteiger partial charge on any atom is -0.499 e. The Kier molecular flexibility index (Phi) is 14.8. The van der Waals surface area contributed by atoms with Crippen molar-refractivity contribution in [1.29, 1.82) is 0 Å². The van der Waals surface area contributed by atoms with Gasteiger partial charge in [0.2, 0.25) is 5.79 Å². The highest BCUT2D eigenvalue weighted by molar-refractivity contribution is 5.74. The number of carbonyl (C=O) groups is 1. The van der Waals surface area contributed by atoms with Crippen molar-refractivity contribution in [3.05, 3.63) is 59.4 Å². The minimum absolute atomic E-state index is 0.0611. The molecule has 0 aromatic rings. The molecule has 43 heavy (non-hydrogen) atoms. The summed E-state index contributed by atoms with van der Waals surface area (Å²) in [5, 5.41) is 32.8. The van der Waals surface area contributed by atoms with E-state index in [4.69, 9.17) is 23.7 Å². The maximum absolute atomic E-state index is 13.7. The van der Waals surface area contributed by atoms with Gasteiger partial charge in [-0.1, -0.05) is 55.4 Å². The quantitative estimate of drug-likeness (QED) is 0.278. The van der Waals surface area contributed by atoms with Crippen molar-refractivity contribution in [2.24, 2.45) is 17.8 Å². The normalized spacial score (nSPS) is 38.5. The molecule has 0 amide bonds. The number of methoxy groups -OCH3 is 3. The average molecular weight is 607 g/mol. The first-order valence-electron chi connectivity index (χ1n) is 15.2. The van der Waals surface area contributed by atoms with Crippen LogP contribution in [0.1, 0.15) is 67.2 Å². The molecular formula is C34H54O9. The number of carbonyl (C=O) groups excluding carboxylic acids is 1. The predicted octanol–water partition coefficient (Wildman–Crippen LogP) is 4.77. The van der Waals surface area contributed by atoms with Gasteiger partial charge in [0.05, 0.1) is 25.4 Å². The summed E-state index contributed by atoms with van der Waals surface area (Å²) in [6.07, 6.45) is 10.9. The number of esters is 1. The average Bonchev–Trinajstić information content (AvgIpc) is 2.95. The van der Waals surface area contributed by atoms with E-state index >= 15 is 0 Å². The van der Waals surface area contributed by atoms with Gasteiger partial charge in [0.25, 0.3) is 0 Å². The van der Waals surface area contributed by atoms with Crippen molar-refractivity contribution in [3.8, 4) is 0 Å². The Morgan fingerprint density at radius 2 is 1.88 bits per heavy atom. The van der Waals surface area contributed by atoms with Crippen molar-refractivity contribution in [1.82, 2.24) is 0 Å². The number of aliphatic hydroxyl groups is 3. The van der Waals surface area contributed by atoms with E-state index in [0.717, 1.165) is 17.6 Å². The Bertz CT molecular complexity index is 1040. The van der Waals surface area contributed by atoms with Crippen LogP contribution in [0, 0.1) is 17.8 Å². The lowest BCUT2D eigenvalue weighted by Crippen LogP contribution is -2.63. The Hall–Kier alpha value is -2.27. The molecular weight excluding hydrogens is 552 g/mol. The summed E-state index contributed by atoms with van der Waals surface area (Å²) >= 11 is 0. The smallest absolute Gasteiger partial charge is 0.314 e. The molecule has 0 saturated carbocycles. The third-order valence-corrected chi connectivity index (χ3v) is 8.34. The first-order valence-corrected chi connectivity index (χ1v) is 15.2.